The van der Waals surface area contributed by atoms with Gasteiger partial charge in [0, 0.05) is 35.2 Å². The molecule has 0 spiro atoms. The number of aromatic nitrogens is 1. The second kappa shape index (κ2) is 8.13. The topological polar surface area (TPSA) is 110 Å². The van der Waals surface area contributed by atoms with Crippen LogP contribution in [0.1, 0.15) is 59.3 Å². The van der Waals surface area contributed by atoms with Crippen molar-refractivity contribution in [1.82, 2.24) is 9.71 Å². The van der Waals surface area contributed by atoms with Crippen LogP contribution in [-0.4, -0.2) is 21.1 Å². The Morgan fingerprint density at radius 2 is 1.96 bits per heavy atom. The number of aromatic amines is 1. The summed E-state index contributed by atoms with van der Waals surface area (Å²) in [5.74, 6) is -0.0254. The smallest absolute Gasteiger partial charge is 0.224 e. The molecule has 7 nitrogen and oxygen atoms in total. The van der Waals surface area contributed by atoms with E-state index < -0.39 is 10.1 Å². The van der Waals surface area contributed by atoms with Crippen LogP contribution in [0.4, 0.5) is 11.4 Å². The van der Waals surface area contributed by atoms with Crippen LogP contribution >= 0.6 is 0 Å². The number of hydrogen-bond acceptors (Lipinski definition) is 3. The molecule has 1 unspecified atom stereocenters. The molecule has 0 radical (unpaired) electrons. The molecule has 8 heteroatoms. The van der Waals surface area contributed by atoms with E-state index in [9.17, 15) is 9.00 Å². The molecule has 0 aliphatic heterocycles. The van der Waals surface area contributed by atoms with Crippen LogP contribution in [0.2, 0.25) is 0 Å². The summed E-state index contributed by atoms with van der Waals surface area (Å²) < 4.78 is 26.7. The normalized spacial score (nSPS) is 18.0. The molecule has 1 saturated carbocycles. The average molecular weight is 406 g/mol. The fraction of sp³-hybridized carbons (Fsp3) is 0.550. The number of fused-ring (bicyclic) bond motifs is 1. The molecule has 3 rings (SSSR count). The Balaban J connectivity index is 1.69. The summed E-state index contributed by atoms with van der Waals surface area (Å²) in [6.07, 6.45) is 7.51. The highest BCUT2D eigenvalue weighted by atomic mass is 32.2. The van der Waals surface area contributed by atoms with E-state index in [0.717, 1.165) is 36.6 Å². The van der Waals surface area contributed by atoms with E-state index in [-0.39, 0.29) is 17.4 Å². The van der Waals surface area contributed by atoms with Gasteiger partial charge in [0.15, 0.2) is 10.1 Å². The molecule has 5 N–H and O–H groups in total. The van der Waals surface area contributed by atoms with Gasteiger partial charge >= 0.3 is 0 Å². The molecule has 1 aromatic carbocycles. The number of hydrogen-bond donors (Lipinski definition) is 5. The molecule has 1 aromatic heterocycles. The van der Waals surface area contributed by atoms with Gasteiger partial charge < -0.3 is 10.3 Å². The number of rotatable bonds is 6. The Bertz CT molecular complexity index is 937. The predicted molar refractivity (Wildman–Crippen MR) is 115 cm³/mol. The molecule has 1 aliphatic rings. The summed E-state index contributed by atoms with van der Waals surface area (Å²) in [6.45, 7) is 6.08. The number of carbonyl (C=O) groups excluding carboxylic acids is 1. The molecule has 154 valence electrons. The number of benzene rings is 1. The molecular formula is C20H31N5O2S. The van der Waals surface area contributed by atoms with Gasteiger partial charge in [0.1, 0.15) is 0 Å². The van der Waals surface area contributed by atoms with Crippen molar-refractivity contribution in [3.05, 3.63) is 24.4 Å². The molecule has 1 amide bonds. The van der Waals surface area contributed by atoms with Crippen LogP contribution in [-0.2, 0) is 14.9 Å². The van der Waals surface area contributed by atoms with Gasteiger partial charge in [-0.1, -0.05) is 40.0 Å². The molecule has 0 saturated heterocycles. The van der Waals surface area contributed by atoms with Gasteiger partial charge in [0.05, 0.1) is 5.69 Å². The summed E-state index contributed by atoms with van der Waals surface area (Å²) in [5, 5.41) is 3.75. The highest BCUT2D eigenvalue weighted by Crippen LogP contribution is 2.28. The van der Waals surface area contributed by atoms with Gasteiger partial charge in [-0.05, 0) is 36.5 Å². The fourth-order valence-electron chi connectivity index (χ4n) is 3.61. The zero-order chi connectivity index (χ0) is 20.4. The average Bonchev–Trinajstić information content (AvgIpc) is 2.95. The Morgan fingerprint density at radius 3 is 2.64 bits per heavy atom. The van der Waals surface area contributed by atoms with Crippen LogP contribution in [0.3, 0.4) is 0 Å². The number of nitrogens with one attached hydrogen (secondary N) is 5. The highest BCUT2D eigenvalue weighted by Gasteiger charge is 2.19. The maximum Gasteiger partial charge on any atom is 0.224 e. The summed E-state index contributed by atoms with van der Waals surface area (Å²) in [5.41, 5.74) is 2.06. The van der Waals surface area contributed by atoms with Crippen molar-refractivity contribution >= 4 is 38.3 Å². The summed E-state index contributed by atoms with van der Waals surface area (Å²) >= 11 is 0. The first-order chi connectivity index (χ1) is 13.1. The van der Waals surface area contributed by atoms with E-state index >= 15 is 0 Å². The number of H-pyrrole nitrogens is 1. The first-order valence-corrected chi connectivity index (χ1v) is 11.4. The van der Waals surface area contributed by atoms with Crippen molar-refractivity contribution < 1.29 is 9.00 Å². The van der Waals surface area contributed by atoms with Gasteiger partial charge in [-0.3, -0.25) is 9.52 Å². The number of carbonyl (C=O) groups is 1. The molecule has 28 heavy (non-hydrogen) atoms. The number of amides is 1. The minimum Gasteiger partial charge on any atom is -0.359 e. The van der Waals surface area contributed by atoms with Crippen molar-refractivity contribution in [1.29, 1.82) is 4.78 Å². The van der Waals surface area contributed by atoms with Gasteiger partial charge in [-0.2, -0.15) is 0 Å². The summed E-state index contributed by atoms with van der Waals surface area (Å²) in [4.78, 5) is 15.3. The lowest BCUT2D eigenvalue weighted by atomic mass is 9.92. The van der Waals surface area contributed by atoms with Crippen LogP contribution in [0.25, 0.3) is 10.9 Å². The second-order valence-electron chi connectivity index (χ2n) is 8.86. The molecule has 2 aromatic rings. The lowest BCUT2D eigenvalue weighted by Gasteiger charge is -2.24. The van der Waals surface area contributed by atoms with Crippen LogP contribution in [0.5, 0.6) is 0 Å². The van der Waals surface area contributed by atoms with Crippen molar-refractivity contribution in [2.75, 3.05) is 10.0 Å². The second-order valence-corrected chi connectivity index (χ2v) is 10.4. The fourth-order valence-corrected chi connectivity index (χ4v) is 4.86. The lowest BCUT2D eigenvalue weighted by molar-refractivity contribution is -0.117. The van der Waals surface area contributed by atoms with Crippen LogP contribution < -0.4 is 14.8 Å². The molecule has 0 bridgehead atoms. The van der Waals surface area contributed by atoms with Gasteiger partial charge in [0.2, 0.25) is 5.91 Å². The van der Waals surface area contributed by atoms with Crippen molar-refractivity contribution in [2.24, 2.45) is 5.41 Å². The highest BCUT2D eigenvalue weighted by molar-refractivity contribution is 7.91. The zero-order valence-corrected chi connectivity index (χ0v) is 17.7. The third kappa shape index (κ3) is 5.72. The monoisotopic (exact) mass is 405 g/mol. The van der Waals surface area contributed by atoms with E-state index in [2.05, 4.69) is 19.7 Å². The van der Waals surface area contributed by atoms with Crippen LogP contribution in [0, 0.1) is 10.2 Å². The lowest BCUT2D eigenvalue weighted by Crippen LogP contribution is -2.38. The van der Waals surface area contributed by atoms with Gasteiger partial charge in [0.25, 0.3) is 0 Å². The van der Waals surface area contributed by atoms with Crippen molar-refractivity contribution in [3.63, 3.8) is 0 Å². The van der Waals surface area contributed by atoms with Crippen molar-refractivity contribution in [2.45, 2.75) is 65.3 Å². The van der Waals surface area contributed by atoms with Crippen molar-refractivity contribution in [3.8, 4) is 0 Å². The standard InChI is InChI=1S/C20H31N5O2S/c1-20(2,3)12-19(26)23-15-9-10-16-17(11-15)22-13-18(16)25-28(21,27)24-14-7-5-4-6-8-14/h9-11,13-14,22H,4-8,12H2,1-3H3,(H,23,26)(H3,21,24,25,27). The van der Waals surface area contributed by atoms with Crippen LogP contribution in [0.15, 0.2) is 24.4 Å². The zero-order valence-electron chi connectivity index (χ0n) is 16.9. The van der Waals surface area contributed by atoms with E-state index in [1.54, 1.807) is 6.20 Å². The maximum atomic E-state index is 12.7. The van der Waals surface area contributed by atoms with E-state index in [4.69, 9.17) is 4.78 Å². The Hall–Kier alpha value is -2.06. The number of anilines is 2. The van der Waals surface area contributed by atoms with E-state index in [1.807, 2.05) is 39.0 Å². The SMILES string of the molecule is CC(C)(C)CC(=O)Nc1ccc2c(NS(=N)(=O)NC3CCCCC3)c[nH]c2c1. The van der Waals surface area contributed by atoms with E-state index in [0.29, 0.717) is 17.8 Å². The third-order valence-electron chi connectivity index (χ3n) is 4.85. The molecule has 1 fully saturated rings. The first-order valence-electron chi connectivity index (χ1n) is 9.86. The molecular weight excluding hydrogens is 374 g/mol. The molecule has 1 heterocycles. The third-order valence-corrected chi connectivity index (χ3v) is 6.02. The Kier molecular flexibility index (Phi) is 6.00. The molecule has 1 aliphatic carbocycles. The largest absolute Gasteiger partial charge is 0.359 e. The quantitative estimate of drug-likeness (QED) is 0.478. The molecule has 1 atom stereocenters. The van der Waals surface area contributed by atoms with Gasteiger partial charge in [-0.15, -0.1) is 0 Å². The summed E-state index contributed by atoms with van der Waals surface area (Å²) in [6, 6.07) is 5.65. The minimum absolute atomic E-state index is 0.0254. The van der Waals surface area contributed by atoms with E-state index in [1.165, 1.54) is 6.42 Å². The Morgan fingerprint density at radius 1 is 1.25 bits per heavy atom. The predicted octanol–water partition coefficient (Wildman–Crippen LogP) is 4.75. The summed E-state index contributed by atoms with van der Waals surface area (Å²) in [7, 11) is -3.13. The minimum atomic E-state index is -3.13. The van der Waals surface area contributed by atoms with Gasteiger partial charge in [-0.25, -0.2) is 13.7 Å². The Labute approximate surface area is 167 Å². The maximum absolute atomic E-state index is 12.7. The first kappa shape index (κ1) is 20.7.